The molecule has 5 nitrogen and oxygen atoms in total. The number of amides is 1. The molecule has 0 radical (unpaired) electrons. The molecule has 0 aliphatic carbocycles. The molecule has 2 aromatic heterocycles. The Balaban J connectivity index is 1.87. The molecule has 7 heteroatoms. The third kappa shape index (κ3) is 3.74. The van der Waals surface area contributed by atoms with Gasteiger partial charge in [-0.05, 0) is 26.0 Å². The second kappa shape index (κ2) is 6.12. The first-order valence-electron chi connectivity index (χ1n) is 5.76. The zero-order valence-corrected chi connectivity index (χ0v) is 12.3. The maximum Gasteiger partial charge on any atom is 0.233 e. The number of aromatic nitrogens is 1. The van der Waals surface area contributed by atoms with Gasteiger partial charge in [0.05, 0.1) is 28.0 Å². The van der Waals surface area contributed by atoms with Crippen LogP contribution in [0.3, 0.4) is 0 Å². The zero-order valence-electron chi connectivity index (χ0n) is 10.7. The van der Waals surface area contributed by atoms with Gasteiger partial charge in [-0.3, -0.25) is 4.79 Å². The number of carbonyl (C=O) groups is 1. The molecule has 0 aromatic carbocycles. The van der Waals surface area contributed by atoms with Crippen molar-refractivity contribution in [3.63, 3.8) is 0 Å². The lowest BCUT2D eigenvalue weighted by Gasteiger charge is -2.10. The van der Waals surface area contributed by atoms with E-state index in [4.69, 9.17) is 10.2 Å². The number of nitrogens with zero attached hydrogens (tertiary/aromatic N) is 1. The lowest BCUT2D eigenvalue weighted by atomic mass is 10.4. The fourth-order valence-corrected chi connectivity index (χ4v) is 3.63. The number of furan rings is 1. The van der Waals surface area contributed by atoms with Crippen LogP contribution in [0.4, 0.5) is 5.13 Å². The normalized spacial score (nSPS) is 12.3. The molecule has 2 heterocycles. The van der Waals surface area contributed by atoms with Crippen molar-refractivity contribution in [3.05, 3.63) is 29.9 Å². The number of hydrogen-bond donors (Lipinski definition) is 2. The number of anilines is 1. The largest absolute Gasteiger partial charge is 0.467 e. The summed E-state index contributed by atoms with van der Waals surface area (Å²) in [7, 11) is 0. The molecule has 102 valence electrons. The van der Waals surface area contributed by atoms with Gasteiger partial charge >= 0.3 is 0 Å². The Morgan fingerprint density at radius 2 is 2.47 bits per heavy atom. The van der Waals surface area contributed by atoms with Crippen LogP contribution in [-0.2, 0) is 11.3 Å². The first kappa shape index (κ1) is 14.0. The van der Waals surface area contributed by atoms with E-state index in [1.54, 1.807) is 12.3 Å². The van der Waals surface area contributed by atoms with Crippen LogP contribution >= 0.6 is 23.1 Å². The van der Waals surface area contributed by atoms with Crippen LogP contribution in [0.2, 0.25) is 0 Å². The van der Waals surface area contributed by atoms with Gasteiger partial charge in [0, 0.05) is 0 Å². The third-order valence-electron chi connectivity index (χ3n) is 2.44. The second-order valence-corrected chi connectivity index (χ2v) is 6.62. The molecule has 19 heavy (non-hydrogen) atoms. The lowest BCUT2D eigenvalue weighted by Crippen LogP contribution is -2.30. The van der Waals surface area contributed by atoms with Crippen molar-refractivity contribution in [2.75, 3.05) is 5.73 Å². The van der Waals surface area contributed by atoms with E-state index in [-0.39, 0.29) is 11.2 Å². The monoisotopic (exact) mass is 297 g/mol. The molecule has 2 aromatic rings. The summed E-state index contributed by atoms with van der Waals surface area (Å²) < 4.78 is 6.14. The second-order valence-electron chi connectivity index (χ2n) is 3.98. The highest BCUT2D eigenvalue weighted by atomic mass is 32.2. The first-order valence-corrected chi connectivity index (χ1v) is 7.45. The maximum absolute atomic E-state index is 11.9. The summed E-state index contributed by atoms with van der Waals surface area (Å²) in [5, 5.41) is 3.16. The minimum Gasteiger partial charge on any atom is -0.467 e. The highest BCUT2D eigenvalue weighted by Crippen LogP contribution is 2.33. The SMILES string of the molecule is Cc1nc(N)sc1SC(C)C(=O)NCc1ccco1. The molecule has 0 fully saturated rings. The summed E-state index contributed by atoms with van der Waals surface area (Å²) in [6.45, 7) is 4.15. The number of nitrogens with two attached hydrogens (primary N) is 1. The minimum absolute atomic E-state index is 0.0345. The molecular weight excluding hydrogens is 282 g/mol. The summed E-state index contributed by atoms with van der Waals surface area (Å²) >= 11 is 2.88. The van der Waals surface area contributed by atoms with Gasteiger partial charge in [-0.1, -0.05) is 11.3 Å². The van der Waals surface area contributed by atoms with Crippen LogP contribution in [0.1, 0.15) is 18.4 Å². The Labute approximate surface area is 119 Å². The molecule has 1 unspecified atom stereocenters. The standard InChI is InChI=1S/C12H15N3O2S2/c1-7-11(19-12(13)15-7)18-8(2)10(16)14-6-9-4-3-5-17-9/h3-5,8H,6H2,1-2H3,(H2,13,15)(H,14,16). The Kier molecular flexibility index (Phi) is 4.49. The molecule has 0 saturated heterocycles. The van der Waals surface area contributed by atoms with Crippen molar-refractivity contribution in [2.24, 2.45) is 0 Å². The Hall–Kier alpha value is -1.47. The van der Waals surface area contributed by atoms with E-state index in [2.05, 4.69) is 10.3 Å². The molecule has 1 amide bonds. The van der Waals surface area contributed by atoms with Crippen molar-refractivity contribution < 1.29 is 9.21 Å². The van der Waals surface area contributed by atoms with E-state index in [1.165, 1.54) is 23.1 Å². The molecular formula is C12H15N3O2S2. The van der Waals surface area contributed by atoms with E-state index in [1.807, 2.05) is 19.9 Å². The average Bonchev–Trinajstić information content (AvgIpc) is 2.97. The van der Waals surface area contributed by atoms with Gasteiger partial charge < -0.3 is 15.5 Å². The summed E-state index contributed by atoms with van der Waals surface area (Å²) in [4.78, 5) is 16.1. The fourth-order valence-electron chi connectivity index (χ4n) is 1.46. The highest BCUT2D eigenvalue weighted by molar-refractivity contribution is 8.02. The fraction of sp³-hybridized carbons (Fsp3) is 0.333. The number of aryl methyl sites for hydroxylation is 1. The smallest absolute Gasteiger partial charge is 0.233 e. The molecule has 0 aliphatic heterocycles. The number of nitrogens with one attached hydrogen (secondary N) is 1. The van der Waals surface area contributed by atoms with Gasteiger partial charge in [-0.2, -0.15) is 0 Å². The van der Waals surface area contributed by atoms with Crippen molar-refractivity contribution in [2.45, 2.75) is 29.9 Å². The predicted molar refractivity (Wildman–Crippen MR) is 77.1 cm³/mol. The summed E-state index contributed by atoms with van der Waals surface area (Å²) in [5.41, 5.74) is 6.51. The molecule has 0 aliphatic rings. The van der Waals surface area contributed by atoms with E-state index < -0.39 is 0 Å². The molecule has 0 bridgehead atoms. The van der Waals surface area contributed by atoms with Crippen molar-refractivity contribution >= 4 is 34.1 Å². The van der Waals surface area contributed by atoms with E-state index in [0.29, 0.717) is 11.7 Å². The van der Waals surface area contributed by atoms with Gasteiger partial charge in [0.15, 0.2) is 5.13 Å². The van der Waals surface area contributed by atoms with Crippen LogP contribution in [0, 0.1) is 6.92 Å². The van der Waals surface area contributed by atoms with Crippen molar-refractivity contribution in [3.8, 4) is 0 Å². The Morgan fingerprint density at radius 1 is 1.68 bits per heavy atom. The molecule has 1 atom stereocenters. The number of nitrogen functional groups attached to an aromatic ring is 1. The van der Waals surface area contributed by atoms with Gasteiger partial charge in [-0.25, -0.2) is 4.98 Å². The van der Waals surface area contributed by atoms with Crippen molar-refractivity contribution in [1.29, 1.82) is 0 Å². The van der Waals surface area contributed by atoms with E-state index >= 15 is 0 Å². The first-order chi connectivity index (χ1) is 9.06. The quantitative estimate of drug-likeness (QED) is 0.828. The van der Waals surface area contributed by atoms with Gasteiger partial charge in [0.25, 0.3) is 0 Å². The summed E-state index contributed by atoms with van der Waals surface area (Å²) in [5.74, 6) is 0.705. The van der Waals surface area contributed by atoms with Crippen molar-refractivity contribution in [1.82, 2.24) is 10.3 Å². The number of thioether (sulfide) groups is 1. The predicted octanol–water partition coefficient (Wildman–Crippen LogP) is 2.42. The lowest BCUT2D eigenvalue weighted by molar-refractivity contribution is -0.120. The summed E-state index contributed by atoms with van der Waals surface area (Å²) in [6, 6.07) is 3.62. The van der Waals surface area contributed by atoms with Crippen LogP contribution in [-0.4, -0.2) is 16.1 Å². The average molecular weight is 297 g/mol. The van der Waals surface area contributed by atoms with E-state index in [0.717, 1.165) is 15.7 Å². The number of thiazole rings is 1. The third-order valence-corrected chi connectivity index (χ3v) is 4.84. The maximum atomic E-state index is 11.9. The van der Waals surface area contributed by atoms with Crippen LogP contribution < -0.4 is 11.1 Å². The molecule has 3 N–H and O–H groups in total. The summed E-state index contributed by atoms with van der Waals surface area (Å²) in [6.07, 6.45) is 1.59. The zero-order chi connectivity index (χ0) is 13.8. The molecule has 0 spiro atoms. The Morgan fingerprint density at radius 3 is 3.05 bits per heavy atom. The van der Waals surface area contributed by atoms with Gasteiger partial charge in [-0.15, -0.1) is 11.8 Å². The van der Waals surface area contributed by atoms with Gasteiger partial charge in [0.1, 0.15) is 5.76 Å². The minimum atomic E-state index is -0.200. The topological polar surface area (TPSA) is 81.1 Å². The van der Waals surface area contributed by atoms with Crippen LogP contribution in [0.15, 0.2) is 27.0 Å². The molecule has 0 saturated carbocycles. The highest BCUT2D eigenvalue weighted by Gasteiger charge is 2.17. The van der Waals surface area contributed by atoms with Crippen LogP contribution in [0.5, 0.6) is 0 Å². The van der Waals surface area contributed by atoms with Gasteiger partial charge in [0.2, 0.25) is 5.91 Å². The number of rotatable bonds is 5. The van der Waals surface area contributed by atoms with E-state index in [9.17, 15) is 4.79 Å². The van der Waals surface area contributed by atoms with Crippen LogP contribution in [0.25, 0.3) is 0 Å². The number of hydrogen-bond acceptors (Lipinski definition) is 6. The molecule has 2 rings (SSSR count). The number of carbonyl (C=O) groups excluding carboxylic acids is 1. The Bertz CT molecular complexity index is 551.